The van der Waals surface area contributed by atoms with Gasteiger partial charge in [-0.2, -0.15) is 5.10 Å². The zero-order valence-electron chi connectivity index (χ0n) is 13.0. The number of hydrogen-bond donors (Lipinski definition) is 2. The fourth-order valence-corrected chi connectivity index (χ4v) is 2.35. The number of aromatic nitrogens is 3. The largest absolute Gasteiger partial charge is 0.371 e. The first kappa shape index (κ1) is 15.3. The summed E-state index contributed by atoms with van der Waals surface area (Å²) in [6, 6.07) is 1.32. The molecule has 1 saturated carbocycles. The number of nitrogens with one attached hydrogen (secondary N) is 2. The number of hydrogen-bond acceptors (Lipinski definition) is 4. The van der Waals surface area contributed by atoms with Crippen LogP contribution in [-0.4, -0.2) is 27.9 Å². The molecular formula is C16H17F2N5. The van der Waals surface area contributed by atoms with Gasteiger partial charge in [0.15, 0.2) is 17.3 Å². The van der Waals surface area contributed by atoms with E-state index < -0.39 is 11.6 Å². The molecule has 0 spiro atoms. The summed E-state index contributed by atoms with van der Waals surface area (Å²) in [5.74, 6) is -0.609. The van der Waals surface area contributed by atoms with Gasteiger partial charge in [-0.25, -0.2) is 18.8 Å². The van der Waals surface area contributed by atoms with Gasteiger partial charge in [-0.3, -0.25) is 5.10 Å². The molecule has 5 nitrogen and oxygen atoms in total. The van der Waals surface area contributed by atoms with Crippen LogP contribution in [0.5, 0.6) is 0 Å². The smallest absolute Gasteiger partial charge is 0.168 e. The van der Waals surface area contributed by atoms with Crippen LogP contribution in [0.3, 0.4) is 0 Å². The first-order chi connectivity index (χ1) is 11.0. The SMILES string of the molecule is C=C(/C(F)=C(\N=C(/C)c1n[nH]c2ncc(F)cc12)NC)C1CC1. The number of fused-ring (bicyclic) bond motifs is 1. The van der Waals surface area contributed by atoms with Crippen LogP contribution < -0.4 is 5.32 Å². The van der Waals surface area contributed by atoms with Crippen LogP contribution in [0, 0.1) is 11.7 Å². The van der Waals surface area contributed by atoms with E-state index in [0.29, 0.717) is 28.0 Å². The molecule has 2 N–H and O–H groups in total. The lowest BCUT2D eigenvalue weighted by molar-refractivity contribution is 0.610. The minimum absolute atomic E-state index is 0.0971. The minimum Gasteiger partial charge on any atom is -0.371 e. The van der Waals surface area contributed by atoms with Crippen molar-refractivity contribution in [1.29, 1.82) is 0 Å². The standard InChI is InChI=1S/C16H17F2N5/c1-8(10-4-5-10)13(18)16(19-3)21-9(2)14-12-6-11(17)7-20-15(12)23-22-14/h6-7,10,19H,1,4-5H2,2-3H3,(H,20,22,23)/b16-13+,21-9+. The fourth-order valence-electron chi connectivity index (χ4n) is 2.35. The predicted molar refractivity (Wildman–Crippen MR) is 85.1 cm³/mol. The highest BCUT2D eigenvalue weighted by Crippen LogP contribution is 2.40. The molecule has 0 aromatic carbocycles. The molecule has 0 unspecified atom stereocenters. The molecule has 0 amide bonds. The van der Waals surface area contributed by atoms with Crippen molar-refractivity contribution in [2.24, 2.45) is 10.9 Å². The molecule has 1 aliphatic rings. The summed E-state index contributed by atoms with van der Waals surface area (Å²) in [6.45, 7) is 5.48. The number of aromatic amines is 1. The van der Waals surface area contributed by atoms with Crippen molar-refractivity contribution in [2.75, 3.05) is 7.05 Å². The maximum absolute atomic E-state index is 14.4. The molecule has 0 aliphatic heterocycles. The number of nitrogens with zero attached hydrogens (tertiary/aromatic N) is 3. The Morgan fingerprint density at radius 1 is 1.48 bits per heavy atom. The molecule has 0 bridgehead atoms. The first-order valence-corrected chi connectivity index (χ1v) is 7.33. The highest BCUT2D eigenvalue weighted by Gasteiger charge is 2.28. The van der Waals surface area contributed by atoms with Crippen LogP contribution in [0.1, 0.15) is 25.5 Å². The number of pyridine rings is 1. The molecule has 0 atom stereocenters. The van der Waals surface area contributed by atoms with E-state index in [4.69, 9.17) is 0 Å². The quantitative estimate of drug-likeness (QED) is 0.657. The minimum atomic E-state index is -0.467. The fraction of sp³-hybridized carbons (Fsp3) is 0.312. The lowest BCUT2D eigenvalue weighted by atomic mass is 10.1. The second-order valence-electron chi connectivity index (χ2n) is 5.53. The van der Waals surface area contributed by atoms with Crippen LogP contribution in [-0.2, 0) is 0 Å². The van der Waals surface area contributed by atoms with E-state index in [1.807, 2.05) is 0 Å². The Kier molecular flexibility index (Phi) is 3.94. The van der Waals surface area contributed by atoms with Crippen molar-refractivity contribution in [1.82, 2.24) is 20.5 Å². The van der Waals surface area contributed by atoms with E-state index in [-0.39, 0.29) is 11.7 Å². The van der Waals surface area contributed by atoms with Crippen molar-refractivity contribution >= 4 is 16.7 Å². The van der Waals surface area contributed by atoms with Crippen molar-refractivity contribution in [2.45, 2.75) is 19.8 Å². The Labute approximate surface area is 132 Å². The average Bonchev–Trinajstić information content (AvgIpc) is 3.31. The van der Waals surface area contributed by atoms with Gasteiger partial charge < -0.3 is 5.32 Å². The maximum atomic E-state index is 14.4. The lowest BCUT2D eigenvalue weighted by Crippen LogP contribution is -2.10. The third kappa shape index (κ3) is 2.99. The van der Waals surface area contributed by atoms with Gasteiger partial charge in [0.2, 0.25) is 0 Å². The molecule has 1 aliphatic carbocycles. The van der Waals surface area contributed by atoms with Crippen molar-refractivity contribution in [3.8, 4) is 0 Å². The molecule has 0 saturated heterocycles. The zero-order valence-corrected chi connectivity index (χ0v) is 13.0. The summed E-state index contributed by atoms with van der Waals surface area (Å²) >= 11 is 0. The van der Waals surface area contributed by atoms with Crippen LogP contribution >= 0.6 is 0 Å². The summed E-state index contributed by atoms with van der Waals surface area (Å²) in [6.07, 6.45) is 3.02. The first-order valence-electron chi connectivity index (χ1n) is 7.33. The van der Waals surface area contributed by atoms with E-state index in [1.165, 1.54) is 6.07 Å². The van der Waals surface area contributed by atoms with Crippen molar-refractivity contribution in [3.05, 3.63) is 47.6 Å². The average molecular weight is 317 g/mol. The Bertz CT molecular complexity index is 830. The van der Waals surface area contributed by atoms with E-state index >= 15 is 0 Å². The zero-order chi connectivity index (χ0) is 16.6. The molecule has 2 aromatic heterocycles. The van der Waals surface area contributed by atoms with E-state index in [9.17, 15) is 8.78 Å². The Morgan fingerprint density at radius 3 is 2.87 bits per heavy atom. The van der Waals surface area contributed by atoms with Crippen molar-refractivity contribution < 1.29 is 8.78 Å². The second-order valence-corrected chi connectivity index (χ2v) is 5.53. The molecular weight excluding hydrogens is 300 g/mol. The van der Waals surface area contributed by atoms with Gasteiger partial charge in [0, 0.05) is 7.05 Å². The number of allylic oxidation sites excluding steroid dienone is 2. The summed E-state index contributed by atoms with van der Waals surface area (Å²) in [5, 5.41) is 10.1. The topological polar surface area (TPSA) is 66.0 Å². The molecule has 23 heavy (non-hydrogen) atoms. The van der Waals surface area contributed by atoms with Gasteiger partial charge in [0.1, 0.15) is 11.5 Å². The van der Waals surface area contributed by atoms with Crippen LogP contribution in [0.25, 0.3) is 11.0 Å². The maximum Gasteiger partial charge on any atom is 0.168 e. The Balaban J connectivity index is 2.00. The monoisotopic (exact) mass is 317 g/mol. The van der Waals surface area contributed by atoms with Crippen LogP contribution in [0.15, 0.2) is 41.1 Å². The van der Waals surface area contributed by atoms with Gasteiger partial charge in [0.25, 0.3) is 0 Å². The molecule has 2 aromatic rings. The van der Waals surface area contributed by atoms with Gasteiger partial charge in [0.05, 0.1) is 17.3 Å². The summed E-state index contributed by atoms with van der Waals surface area (Å²) in [5.41, 5.74) is 1.80. The van der Waals surface area contributed by atoms with E-state index in [1.54, 1.807) is 14.0 Å². The highest BCUT2D eigenvalue weighted by molar-refractivity contribution is 6.07. The van der Waals surface area contributed by atoms with Crippen LogP contribution in [0.2, 0.25) is 0 Å². The highest BCUT2D eigenvalue weighted by atomic mass is 19.1. The van der Waals surface area contributed by atoms with Crippen LogP contribution in [0.4, 0.5) is 8.78 Å². The number of H-pyrrole nitrogens is 1. The normalized spacial score (nSPS) is 16.4. The molecule has 7 heteroatoms. The lowest BCUT2D eigenvalue weighted by Gasteiger charge is -2.07. The van der Waals surface area contributed by atoms with E-state index in [2.05, 4.69) is 32.1 Å². The number of rotatable bonds is 5. The summed E-state index contributed by atoms with van der Waals surface area (Å²) < 4.78 is 27.8. The number of halogens is 2. The molecule has 120 valence electrons. The van der Waals surface area contributed by atoms with Gasteiger partial charge in [-0.15, -0.1) is 0 Å². The summed E-state index contributed by atoms with van der Waals surface area (Å²) in [7, 11) is 1.59. The van der Waals surface area contributed by atoms with Crippen molar-refractivity contribution in [3.63, 3.8) is 0 Å². The third-order valence-corrected chi connectivity index (χ3v) is 3.80. The predicted octanol–water partition coefficient (Wildman–Crippen LogP) is 3.23. The summed E-state index contributed by atoms with van der Waals surface area (Å²) in [4.78, 5) is 8.18. The molecule has 1 fully saturated rings. The van der Waals surface area contributed by atoms with Gasteiger partial charge >= 0.3 is 0 Å². The Morgan fingerprint density at radius 2 is 2.22 bits per heavy atom. The molecule has 0 radical (unpaired) electrons. The van der Waals surface area contributed by atoms with Gasteiger partial charge in [-0.1, -0.05) is 6.58 Å². The third-order valence-electron chi connectivity index (χ3n) is 3.80. The van der Waals surface area contributed by atoms with E-state index in [0.717, 1.165) is 19.0 Å². The second kappa shape index (κ2) is 5.91. The van der Waals surface area contributed by atoms with Gasteiger partial charge in [-0.05, 0) is 37.3 Å². The molecule has 3 rings (SSSR count). The Hall–Kier alpha value is -2.57. The number of aliphatic imine (C=N–C) groups is 1. The molecule has 2 heterocycles.